The molecule has 3 heterocycles. The molecule has 0 N–H and O–H groups in total. The minimum absolute atomic E-state index is 0.480. The van der Waals surface area contributed by atoms with E-state index in [1.807, 2.05) is 43.1 Å². The first-order valence-electron chi connectivity index (χ1n) is 10.4. The summed E-state index contributed by atoms with van der Waals surface area (Å²) in [5.74, 6) is 0. The molecule has 1 aliphatic rings. The van der Waals surface area contributed by atoms with Crippen LogP contribution in [-0.2, 0) is 5.41 Å². The minimum atomic E-state index is -0.480. The smallest absolute Gasteiger partial charge is 0.0722 e. The van der Waals surface area contributed by atoms with Gasteiger partial charge in [-0.2, -0.15) is 0 Å². The average molecular weight is 397 g/mol. The molecule has 3 nitrogen and oxygen atoms in total. The van der Waals surface area contributed by atoms with Gasteiger partial charge in [0.05, 0.1) is 11.1 Å². The molecule has 1 aliphatic carbocycles. The highest BCUT2D eigenvalue weighted by atomic mass is 14.7. The standard InChI is InChI=1S/C28H19N3/c1-2-9-25-22(6-1)23-7-5-8-24(26-10-3-4-15-31-26)27(23)28(25,20-11-16-29-17-12-20)21-13-18-30-19-14-21/h1-19H. The fourth-order valence-corrected chi connectivity index (χ4v) is 5.07. The van der Waals surface area contributed by atoms with Crippen LogP contribution in [0.1, 0.15) is 22.3 Å². The van der Waals surface area contributed by atoms with E-state index >= 15 is 0 Å². The summed E-state index contributed by atoms with van der Waals surface area (Å²) in [6.07, 6.45) is 9.37. The monoisotopic (exact) mass is 397 g/mol. The van der Waals surface area contributed by atoms with Gasteiger partial charge in [-0.15, -0.1) is 0 Å². The molecule has 0 amide bonds. The minimum Gasteiger partial charge on any atom is -0.265 e. The van der Waals surface area contributed by atoms with Crippen molar-refractivity contribution in [3.05, 3.63) is 138 Å². The van der Waals surface area contributed by atoms with Crippen molar-refractivity contribution in [3.8, 4) is 22.4 Å². The third-order valence-electron chi connectivity index (χ3n) is 6.23. The van der Waals surface area contributed by atoms with Gasteiger partial charge in [0.25, 0.3) is 0 Å². The molecule has 0 fully saturated rings. The molecule has 3 heteroatoms. The van der Waals surface area contributed by atoms with E-state index in [-0.39, 0.29) is 0 Å². The molecular weight excluding hydrogens is 378 g/mol. The summed E-state index contributed by atoms with van der Waals surface area (Å²) in [5.41, 5.74) is 9.02. The fourth-order valence-electron chi connectivity index (χ4n) is 5.07. The Morgan fingerprint density at radius 2 is 1.10 bits per heavy atom. The van der Waals surface area contributed by atoms with E-state index in [0.29, 0.717) is 0 Å². The lowest BCUT2D eigenvalue weighted by atomic mass is 9.66. The molecular formula is C28H19N3. The first-order chi connectivity index (χ1) is 15.4. The lowest BCUT2D eigenvalue weighted by Crippen LogP contribution is -2.29. The molecule has 5 aromatic rings. The largest absolute Gasteiger partial charge is 0.265 e. The van der Waals surface area contributed by atoms with Crippen molar-refractivity contribution in [2.75, 3.05) is 0 Å². The van der Waals surface area contributed by atoms with Crippen molar-refractivity contribution in [2.24, 2.45) is 0 Å². The third-order valence-corrected chi connectivity index (χ3v) is 6.23. The molecule has 0 spiro atoms. The van der Waals surface area contributed by atoms with Crippen LogP contribution in [0.15, 0.2) is 116 Å². The average Bonchev–Trinajstić information content (AvgIpc) is 3.17. The Bertz CT molecular complexity index is 1320. The maximum absolute atomic E-state index is 4.72. The SMILES string of the molecule is c1ccc(-c2cccc3c2C(c2ccncc2)(c2ccncc2)c2ccccc2-3)nc1. The Hall–Kier alpha value is -4.11. The third kappa shape index (κ3) is 2.50. The molecule has 0 unspecified atom stereocenters. The number of hydrogen-bond donors (Lipinski definition) is 0. The highest BCUT2D eigenvalue weighted by Gasteiger charge is 2.47. The van der Waals surface area contributed by atoms with Crippen LogP contribution in [0.2, 0.25) is 0 Å². The van der Waals surface area contributed by atoms with E-state index in [2.05, 4.69) is 82.8 Å². The molecule has 146 valence electrons. The van der Waals surface area contributed by atoms with Crippen molar-refractivity contribution >= 4 is 0 Å². The van der Waals surface area contributed by atoms with Crippen LogP contribution in [0.3, 0.4) is 0 Å². The zero-order valence-electron chi connectivity index (χ0n) is 16.8. The number of aromatic nitrogens is 3. The number of rotatable bonds is 3. The van der Waals surface area contributed by atoms with Crippen molar-refractivity contribution in [3.63, 3.8) is 0 Å². The maximum atomic E-state index is 4.72. The second-order valence-electron chi connectivity index (χ2n) is 7.71. The van der Waals surface area contributed by atoms with Crippen LogP contribution in [0, 0.1) is 0 Å². The van der Waals surface area contributed by atoms with Gasteiger partial charge in [0.1, 0.15) is 0 Å². The van der Waals surface area contributed by atoms with Crippen LogP contribution >= 0.6 is 0 Å². The Labute approximate surface area is 181 Å². The topological polar surface area (TPSA) is 38.7 Å². The quantitative estimate of drug-likeness (QED) is 0.373. The van der Waals surface area contributed by atoms with E-state index in [4.69, 9.17) is 4.98 Å². The second-order valence-corrected chi connectivity index (χ2v) is 7.71. The van der Waals surface area contributed by atoms with E-state index in [1.165, 1.54) is 33.4 Å². The summed E-state index contributed by atoms with van der Waals surface area (Å²) in [7, 11) is 0. The van der Waals surface area contributed by atoms with E-state index in [1.54, 1.807) is 0 Å². The number of benzene rings is 2. The summed E-state index contributed by atoms with van der Waals surface area (Å²) >= 11 is 0. The normalized spacial score (nSPS) is 13.4. The molecule has 0 bridgehead atoms. The highest BCUT2D eigenvalue weighted by molar-refractivity contribution is 5.91. The van der Waals surface area contributed by atoms with Crippen LogP contribution in [-0.4, -0.2) is 15.0 Å². The number of fused-ring (bicyclic) bond motifs is 3. The van der Waals surface area contributed by atoms with Crippen molar-refractivity contribution in [1.82, 2.24) is 15.0 Å². The maximum Gasteiger partial charge on any atom is 0.0722 e. The summed E-state index contributed by atoms with van der Waals surface area (Å²) in [4.78, 5) is 13.3. The Morgan fingerprint density at radius 3 is 1.77 bits per heavy atom. The fraction of sp³-hybridized carbons (Fsp3) is 0.0357. The lowest BCUT2D eigenvalue weighted by molar-refractivity contribution is 0.765. The van der Waals surface area contributed by atoms with Gasteiger partial charge in [-0.1, -0.05) is 48.5 Å². The van der Waals surface area contributed by atoms with Gasteiger partial charge in [-0.25, -0.2) is 0 Å². The van der Waals surface area contributed by atoms with E-state index < -0.39 is 5.41 Å². The van der Waals surface area contributed by atoms with Gasteiger partial charge in [0, 0.05) is 36.5 Å². The predicted octanol–water partition coefficient (Wildman–Crippen LogP) is 5.90. The van der Waals surface area contributed by atoms with Crippen LogP contribution in [0.25, 0.3) is 22.4 Å². The lowest BCUT2D eigenvalue weighted by Gasteiger charge is -2.34. The molecule has 3 aromatic heterocycles. The highest BCUT2D eigenvalue weighted by Crippen LogP contribution is 2.58. The van der Waals surface area contributed by atoms with Crippen molar-refractivity contribution in [1.29, 1.82) is 0 Å². The summed E-state index contributed by atoms with van der Waals surface area (Å²) in [6.45, 7) is 0. The molecule has 31 heavy (non-hydrogen) atoms. The Morgan fingerprint density at radius 1 is 0.484 bits per heavy atom. The molecule has 0 aliphatic heterocycles. The van der Waals surface area contributed by atoms with Gasteiger partial charge < -0.3 is 0 Å². The number of nitrogens with zero attached hydrogens (tertiary/aromatic N) is 3. The molecule has 0 atom stereocenters. The van der Waals surface area contributed by atoms with Gasteiger partial charge in [0.15, 0.2) is 0 Å². The summed E-state index contributed by atoms with van der Waals surface area (Å²) in [6, 6.07) is 29.9. The van der Waals surface area contributed by atoms with E-state index in [9.17, 15) is 0 Å². The first kappa shape index (κ1) is 17.7. The van der Waals surface area contributed by atoms with Gasteiger partial charge in [0.2, 0.25) is 0 Å². The van der Waals surface area contributed by atoms with Gasteiger partial charge >= 0.3 is 0 Å². The second kappa shape index (κ2) is 6.99. The zero-order chi connectivity index (χ0) is 20.7. The molecule has 0 radical (unpaired) electrons. The van der Waals surface area contributed by atoms with Crippen molar-refractivity contribution < 1.29 is 0 Å². The molecule has 6 rings (SSSR count). The van der Waals surface area contributed by atoms with Gasteiger partial charge in [-0.05, 0) is 69.8 Å². The number of hydrogen-bond acceptors (Lipinski definition) is 3. The van der Waals surface area contributed by atoms with Crippen LogP contribution in [0.5, 0.6) is 0 Å². The summed E-state index contributed by atoms with van der Waals surface area (Å²) < 4.78 is 0. The molecule has 2 aromatic carbocycles. The zero-order valence-corrected chi connectivity index (χ0v) is 16.8. The van der Waals surface area contributed by atoms with Crippen molar-refractivity contribution in [2.45, 2.75) is 5.41 Å². The molecule has 0 saturated carbocycles. The molecule has 0 saturated heterocycles. The van der Waals surface area contributed by atoms with E-state index in [0.717, 1.165) is 11.3 Å². The Kier molecular flexibility index (Phi) is 4.00. The number of pyridine rings is 3. The Balaban J connectivity index is 1.82. The van der Waals surface area contributed by atoms with Crippen LogP contribution in [0.4, 0.5) is 0 Å². The summed E-state index contributed by atoms with van der Waals surface area (Å²) in [5, 5.41) is 0. The van der Waals surface area contributed by atoms with Crippen LogP contribution < -0.4 is 0 Å². The predicted molar refractivity (Wildman–Crippen MR) is 123 cm³/mol. The first-order valence-corrected chi connectivity index (χ1v) is 10.4. The van der Waals surface area contributed by atoms with Gasteiger partial charge in [-0.3, -0.25) is 15.0 Å².